The van der Waals surface area contributed by atoms with E-state index in [9.17, 15) is 18.8 Å². The summed E-state index contributed by atoms with van der Waals surface area (Å²) in [5, 5.41) is 9.62. The predicted octanol–water partition coefficient (Wildman–Crippen LogP) is 3.65. The maximum atomic E-state index is 12.9. The Hall–Kier alpha value is -3.98. The van der Waals surface area contributed by atoms with Crippen molar-refractivity contribution in [1.29, 1.82) is 0 Å². The lowest BCUT2D eigenvalue weighted by Gasteiger charge is -2.07. The van der Waals surface area contributed by atoms with E-state index in [4.69, 9.17) is 16.3 Å². The van der Waals surface area contributed by atoms with E-state index >= 15 is 0 Å². The number of halogens is 2. The quantitative estimate of drug-likeness (QED) is 0.346. The highest BCUT2D eigenvalue weighted by Gasteiger charge is 2.13. The fourth-order valence-electron chi connectivity index (χ4n) is 3.03. The van der Waals surface area contributed by atoms with Gasteiger partial charge in [0.15, 0.2) is 6.61 Å². The second-order valence-corrected chi connectivity index (χ2v) is 8.06. The van der Waals surface area contributed by atoms with E-state index in [1.807, 2.05) is 31.2 Å². The minimum absolute atomic E-state index is 0.335. The largest absolute Gasteiger partial charge is 0.452 e. The van der Waals surface area contributed by atoms with Crippen LogP contribution < -0.4 is 10.6 Å². The van der Waals surface area contributed by atoms with Crippen molar-refractivity contribution >= 4 is 41.1 Å². The van der Waals surface area contributed by atoms with Crippen molar-refractivity contribution in [3.05, 3.63) is 88.0 Å². The highest BCUT2D eigenvalue weighted by molar-refractivity contribution is 6.31. The molecular formula is C25H24ClFN4O4. The Kier molecular flexibility index (Phi) is 8.74. The van der Waals surface area contributed by atoms with Gasteiger partial charge in [-0.15, -0.1) is 0 Å². The topological polar surface area (TPSA) is 102 Å². The van der Waals surface area contributed by atoms with Gasteiger partial charge in [-0.25, -0.2) is 13.9 Å². The minimum Gasteiger partial charge on any atom is -0.452 e. The zero-order valence-electron chi connectivity index (χ0n) is 19.2. The number of hydrogen-bond acceptors (Lipinski definition) is 5. The van der Waals surface area contributed by atoms with Crippen LogP contribution in [0.1, 0.15) is 22.4 Å². The maximum Gasteiger partial charge on any atom is 0.331 e. The molecule has 0 atom stereocenters. The number of hydrogen-bond donors (Lipinski definition) is 2. The summed E-state index contributed by atoms with van der Waals surface area (Å²) in [6, 6.07) is 13.2. The second-order valence-electron chi connectivity index (χ2n) is 7.71. The van der Waals surface area contributed by atoms with E-state index in [1.165, 1.54) is 30.3 Å². The smallest absolute Gasteiger partial charge is 0.331 e. The van der Waals surface area contributed by atoms with Gasteiger partial charge in [0, 0.05) is 17.3 Å². The predicted molar refractivity (Wildman–Crippen MR) is 130 cm³/mol. The van der Waals surface area contributed by atoms with Gasteiger partial charge in [-0.05, 0) is 49.8 Å². The molecule has 3 aromatic rings. The molecule has 3 rings (SSSR count). The molecule has 2 amide bonds. The van der Waals surface area contributed by atoms with E-state index in [-0.39, 0.29) is 6.54 Å². The highest BCUT2D eigenvalue weighted by Crippen LogP contribution is 2.22. The molecule has 0 aliphatic carbocycles. The lowest BCUT2D eigenvalue weighted by atomic mass is 10.1. The average Bonchev–Trinajstić information content (AvgIpc) is 3.10. The molecule has 0 bridgehead atoms. The van der Waals surface area contributed by atoms with E-state index in [0.29, 0.717) is 28.6 Å². The van der Waals surface area contributed by atoms with Crippen molar-refractivity contribution in [2.75, 3.05) is 18.5 Å². The van der Waals surface area contributed by atoms with Crippen molar-refractivity contribution < 1.29 is 23.5 Å². The van der Waals surface area contributed by atoms with Crippen LogP contribution in [-0.4, -0.2) is 40.7 Å². The second kappa shape index (κ2) is 11.9. The molecule has 0 radical (unpaired) electrons. The minimum atomic E-state index is -0.752. The molecule has 1 aromatic heterocycles. The number of esters is 1. The Morgan fingerprint density at radius 2 is 1.74 bits per heavy atom. The summed E-state index contributed by atoms with van der Waals surface area (Å²) in [4.78, 5) is 35.7. The maximum absolute atomic E-state index is 12.9. The summed E-state index contributed by atoms with van der Waals surface area (Å²) >= 11 is 6.43. The van der Waals surface area contributed by atoms with Gasteiger partial charge in [-0.3, -0.25) is 9.59 Å². The first-order chi connectivity index (χ1) is 16.7. The summed E-state index contributed by atoms with van der Waals surface area (Å²) in [6.45, 7) is 3.36. The zero-order valence-corrected chi connectivity index (χ0v) is 19.9. The number of ether oxygens (including phenoxy) is 1. The number of carbonyl (C=O) groups excluding carboxylic acids is 3. The molecule has 0 saturated heterocycles. The number of benzene rings is 2. The van der Waals surface area contributed by atoms with E-state index in [1.54, 1.807) is 11.6 Å². The van der Waals surface area contributed by atoms with Gasteiger partial charge in [0.25, 0.3) is 5.91 Å². The Morgan fingerprint density at radius 1 is 1.06 bits per heavy atom. The molecule has 0 spiro atoms. The fraction of sp³-hybridized carbons (Fsp3) is 0.200. The van der Waals surface area contributed by atoms with E-state index < -0.39 is 30.2 Å². The first kappa shape index (κ1) is 25.6. The summed E-state index contributed by atoms with van der Waals surface area (Å²) in [6.07, 6.45) is 2.63. The van der Waals surface area contributed by atoms with Gasteiger partial charge in [-0.2, -0.15) is 5.10 Å². The molecule has 182 valence electrons. The fourth-order valence-corrected chi connectivity index (χ4v) is 3.33. The van der Waals surface area contributed by atoms with Crippen molar-refractivity contribution in [3.8, 4) is 0 Å². The third kappa shape index (κ3) is 7.79. The number of amides is 2. The Balaban J connectivity index is 1.45. The normalized spacial score (nSPS) is 10.9. The molecule has 8 nitrogen and oxygen atoms in total. The van der Waals surface area contributed by atoms with Crippen LogP contribution in [0.3, 0.4) is 0 Å². The molecule has 10 heteroatoms. The van der Waals surface area contributed by atoms with Crippen molar-refractivity contribution in [2.24, 2.45) is 0 Å². The third-order valence-corrected chi connectivity index (χ3v) is 5.27. The van der Waals surface area contributed by atoms with Gasteiger partial charge in [0.1, 0.15) is 11.0 Å². The Morgan fingerprint density at radius 3 is 2.43 bits per heavy atom. The molecule has 0 saturated carbocycles. The van der Waals surface area contributed by atoms with Crippen LogP contribution in [0.4, 0.5) is 10.1 Å². The summed E-state index contributed by atoms with van der Waals surface area (Å²) in [7, 11) is 0. The van der Waals surface area contributed by atoms with Gasteiger partial charge in [-0.1, -0.05) is 41.4 Å². The van der Waals surface area contributed by atoms with Crippen LogP contribution in [0.15, 0.2) is 54.6 Å². The summed E-state index contributed by atoms with van der Waals surface area (Å²) in [5.74, 6) is -2.34. The number of nitrogens with one attached hydrogen (secondary N) is 2. The summed E-state index contributed by atoms with van der Waals surface area (Å²) in [5.41, 5.74) is 3.78. The summed E-state index contributed by atoms with van der Waals surface area (Å²) < 4.78 is 19.4. The molecule has 2 N–H and O–H groups in total. The van der Waals surface area contributed by atoms with E-state index in [0.717, 1.165) is 17.2 Å². The molecule has 0 fully saturated rings. The van der Waals surface area contributed by atoms with Crippen LogP contribution in [0, 0.1) is 19.7 Å². The van der Waals surface area contributed by atoms with Crippen LogP contribution in [0.25, 0.3) is 6.08 Å². The highest BCUT2D eigenvalue weighted by atomic mass is 35.5. The zero-order chi connectivity index (χ0) is 25.4. The molecule has 2 aromatic carbocycles. The lowest BCUT2D eigenvalue weighted by molar-refractivity contribution is -0.143. The van der Waals surface area contributed by atoms with Crippen molar-refractivity contribution in [2.45, 2.75) is 20.4 Å². The first-order valence-corrected chi connectivity index (χ1v) is 11.0. The average molecular weight is 499 g/mol. The van der Waals surface area contributed by atoms with Crippen LogP contribution in [0.5, 0.6) is 0 Å². The van der Waals surface area contributed by atoms with Gasteiger partial charge in [0.2, 0.25) is 5.91 Å². The number of aryl methyl sites for hydroxylation is 2. The molecule has 0 unspecified atom stereocenters. The number of nitrogens with zero attached hydrogens (tertiary/aromatic N) is 2. The molecule has 1 heterocycles. The first-order valence-electron chi connectivity index (χ1n) is 10.7. The molecular weight excluding hydrogens is 475 g/mol. The lowest BCUT2D eigenvalue weighted by Crippen LogP contribution is -2.35. The van der Waals surface area contributed by atoms with Crippen LogP contribution >= 0.6 is 11.6 Å². The van der Waals surface area contributed by atoms with Crippen LogP contribution in [0.2, 0.25) is 5.15 Å². The molecule has 35 heavy (non-hydrogen) atoms. The number of carbonyl (C=O) groups is 3. The Bertz CT molecular complexity index is 1240. The third-order valence-electron chi connectivity index (χ3n) is 4.87. The van der Waals surface area contributed by atoms with Crippen molar-refractivity contribution in [1.82, 2.24) is 15.1 Å². The molecule has 0 aliphatic rings. The van der Waals surface area contributed by atoms with Crippen LogP contribution in [-0.2, 0) is 25.7 Å². The van der Waals surface area contributed by atoms with E-state index in [2.05, 4.69) is 15.7 Å². The Labute approximate surface area is 206 Å². The number of anilines is 1. The van der Waals surface area contributed by atoms with Crippen molar-refractivity contribution in [3.63, 3.8) is 0 Å². The monoisotopic (exact) mass is 498 g/mol. The SMILES string of the molecule is Cc1ccc(Cn2nc(C)c(/C=C/C(=O)OCC(=O)NCC(=O)Nc3ccc(F)cc3)c2Cl)cc1. The van der Waals surface area contributed by atoms with Gasteiger partial charge >= 0.3 is 5.97 Å². The number of aromatic nitrogens is 2. The molecule has 0 aliphatic heterocycles. The number of rotatable bonds is 9. The van der Waals surface area contributed by atoms with Gasteiger partial charge < -0.3 is 15.4 Å². The standard InChI is InChI=1S/C25H24ClFN4O4/c1-16-3-5-18(6-4-16)14-31-25(26)21(17(2)30-31)11-12-24(34)35-15-23(33)28-13-22(32)29-20-9-7-19(27)8-10-20/h3-12H,13-15H2,1-2H3,(H,28,33)(H,29,32)/b12-11+. The van der Waals surface area contributed by atoms with Gasteiger partial charge in [0.05, 0.1) is 18.8 Å².